The summed E-state index contributed by atoms with van der Waals surface area (Å²) in [6, 6.07) is 7.32. The van der Waals surface area contributed by atoms with Crippen LogP contribution in [0, 0.1) is 0 Å². The molecule has 1 aromatic rings. The smallest absolute Gasteiger partial charge is 0.414 e. The molecule has 0 bridgehead atoms. The Hall–Kier alpha value is -2.12. The molecule has 2 aliphatic heterocycles. The van der Waals surface area contributed by atoms with Crippen LogP contribution in [0.4, 0.5) is 16.2 Å². The molecule has 2 fully saturated rings. The van der Waals surface area contributed by atoms with E-state index in [-0.39, 0.29) is 18.6 Å². The summed E-state index contributed by atoms with van der Waals surface area (Å²) in [4.78, 5) is 26.4. The van der Waals surface area contributed by atoms with Crippen LogP contribution in [0.5, 0.6) is 0 Å². The molecule has 2 amide bonds. The first-order chi connectivity index (χ1) is 11.8. The summed E-state index contributed by atoms with van der Waals surface area (Å²) < 4.78 is 9.98. The molecular weight excluding hydrogens is 322 g/mol. The highest BCUT2D eigenvalue weighted by atomic mass is 16.6. The fraction of sp³-hybridized carbons (Fsp3) is 0.556. The van der Waals surface area contributed by atoms with Gasteiger partial charge >= 0.3 is 6.09 Å². The predicted octanol–water partition coefficient (Wildman–Crippen LogP) is 2.01. The van der Waals surface area contributed by atoms with Gasteiger partial charge in [0, 0.05) is 23.5 Å². The Morgan fingerprint density at radius 2 is 1.48 bits per heavy atom. The Labute approximate surface area is 148 Å². The zero-order valence-corrected chi connectivity index (χ0v) is 15.4. The number of nitrogens with zero attached hydrogens (tertiary/aromatic N) is 2. The van der Waals surface area contributed by atoms with Gasteiger partial charge in [0.15, 0.2) is 0 Å². The van der Waals surface area contributed by atoms with Crippen LogP contribution in [0.25, 0.3) is 0 Å². The van der Waals surface area contributed by atoms with Crippen molar-refractivity contribution >= 4 is 23.4 Å². The number of benzene rings is 1. The van der Waals surface area contributed by atoms with Gasteiger partial charge < -0.3 is 19.7 Å². The average Bonchev–Trinajstić information content (AvgIpc) is 3.01. The number of carbonyl (C=O) groups excluding carboxylic acids is 2. The van der Waals surface area contributed by atoms with Crippen molar-refractivity contribution in [1.82, 2.24) is 5.32 Å². The third-order valence-corrected chi connectivity index (χ3v) is 3.97. The molecule has 2 aliphatic rings. The molecule has 0 spiro atoms. The van der Waals surface area contributed by atoms with Crippen molar-refractivity contribution in [1.29, 1.82) is 0 Å². The van der Waals surface area contributed by atoms with Crippen molar-refractivity contribution in [2.45, 2.75) is 26.3 Å². The van der Waals surface area contributed by atoms with Crippen LogP contribution in [0.3, 0.4) is 0 Å². The third kappa shape index (κ3) is 5.44. The first-order valence-electron chi connectivity index (χ1n) is 8.43. The van der Waals surface area contributed by atoms with E-state index in [0.29, 0.717) is 31.8 Å². The van der Waals surface area contributed by atoms with E-state index in [2.05, 4.69) is 26.1 Å². The zero-order chi connectivity index (χ0) is 18.4. The Morgan fingerprint density at radius 3 is 1.92 bits per heavy atom. The number of morpholine rings is 1. The molecular formula is C18H27N3O4. The minimum Gasteiger partial charge on any atom is -0.447 e. The van der Waals surface area contributed by atoms with Gasteiger partial charge in [-0.15, -0.1) is 0 Å². The summed E-state index contributed by atoms with van der Waals surface area (Å²) in [6.07, 6.45) is -0.324. The number of nitrogens with one attached hydrogen (secondary N) is 1. The monoisotopic (exact) mass is 349 g/mol. The van der Waals surface area contributed by atoms with Crippen molar-refractivity contribution in [2.75, 3.05) is 49.8 Å². The van der Waals surface area contributed by atoms with Gasteiger partial charge in [0.25, 0.3) is 5.91 Å². The van der Waals surface area contributed by atoms with Crippen LogP contribution in [-0.2, 0) is 14.3 Å². The second kappa shape index (κ2) is 8.31. The molecule has 138 valence electrons. The van der Waals surface area contributed by atoms with Crippen molar-refractivity contribution in [3.05, 3.63) is 24.3 Å². The minimum atomic E-state index is -0.324. The number of anilines is 2. The normalized spacial score (nSPS) is 17.9. The summed E-state index contributed by atoms with van der Waals surface area (Å²) in [5.41, 5.74) is 1.90. The van der Waals surface area contributed by atoms with Gasteiger partial charge in [-0.25, -0.2) is 4.79 Å². The number of cyclic esters (lactones) is 1. The van der Waals surface area contributed by atoms with Crippen LogP contribution in [0.2, 0.25) is 0 Å². The van der Waals surface area contributed by atoms with Crippen molar-refractivity contribution in [2.24, 2.45) is 0 Å². The Balaban J connectivity index is 0.000000326. The summed E-state index contributed by atoms with van der Waals surface area (Å²) in [5, 5.41) is 3.10. The first-order valence-corrected chi connectivity index (χ1v) is 8.43. The number of amides is 2. The summed E-state index contributed by atoms with van der Waals surface area (Å²) >= 11 is 0. The van der Waals surface area contributed by atoms with E-state index >= 15 is 0 Å². The van der Waals surface area contributed by atoms with E-state index in [4.69, 9.17) is 9.47 Å². The molecule has 0 saturated carbocycles. The van der Waals surface area contributed by atoms with E-state index in [1.807, 2.05) is 31.3 Å². The molecule has 0 aliphatic carbocycles. The van der Waals surface area contributed by atoms with Gasteiger partial charge in [-0.05, 0) is 52.1 Å². The first kappa shape index (κ1) is 19.2. The number of hydrogen-bond donors (Lipinski definition) is 1. The SMILES string of the molecule is CNC(C)(C)C.O=C1COCCN1c1ccc(N2CCOC2=O)cc1. The zero-order valence-electron chi connectivity index (χ0n) is 15.4. The predicted molar refractivity (Wildman–Crippen MR) is 97.1 cm³/mol. The molecule has 1 aromatic carbocycles. The molecule has 2 heterocycles. The lowest BCUT2D eigenvalue weighted by molar-refractivity contribution is -0.125. The average molecular weight is 349 g/mol. The van der Waals surface area contributed by atoms with Crippen LogP contribution >= 0.6 is 0 Å². The lowest BCUT2D eigenvalue weighted by atomic mass is 10.1. The number of rotatable bonds is 2. The van der Waals surface area contributed by atoms with Gasteiger partial charge in [0.05, 0.1) is 13.2 Å². The van der Waals surface area contributed by atoms with E-state index < -0.39 is 0 Å². The Kier molecular flexibility index (Phi) is 6.39. The molecule has 7 heteroatoms. The quantitative estimate of drug-likeness (QED) is 0.884. The standard InChI is InChI=1S/C13H14N2O4.C5H13N/c16-12-9-18-7-5-14(12)10-1-3-11(4-2-10)15-6-8-19-13(15)17;1-5(2,3)6-4/h1-4H,5-9H2;6H,1-4H3. The second-order valence-corrected chi connectivity index (χ2v) is 6.88. The molecule has 7 nitrogen and oxygen atoms in total. The van der Waals surface area contributed by atoms with E-state index in [1.165, 1.54) is 0 Å². The maximum absolute atomic E-state index is 11.7. The van der Waals surface area contributed by atoms with Gasteiger partial charge in [-0.3, -0.25) is 9.69 Å². The molecule has 0 atom stereocenters. The lowest BCUT2D eigenvalue weighted by Gasteiger charge is -2.27. The van der Waals surface area contributed by atoms with E-state index in [1.54, 1.807) is 9.80 Å². The van der Waals surface area contributed by atoms with Gasteiger partial charge in [0.1, 0.15) is 13.2 Å². The maximum Gasteiger partial charge on any atom is 0.414 e. The third-order valence-electron chi connectivity index (χ3n) is 3.97. The summed E-state index contributed by atoms with van der Waals surface area (Å²) in [6.45, 7) is 8.61. The molecule has 0 aromatic heterocycles. The van der Waals surface area contributed by atoms with Gasteiger partial charge in [0.2, 0.25) is 0 Å². The number of hydrogen-bond acceptors (Lipinski definition) is 5. The fourth-order valence-electron chi connectivity index (χ4n) is 2.23. The number of ether oxygens (including phenoxy) is 2. The highest BCUT2D eigenvalue weighted by Crippen LogP contribution is 2.23. The van der Waals surface area contributed by atoms with Crippen molar-refractivity contribution in [3.63, 3.8) is 0 Å². The molecule has 0 radical (unpaired) electrons. The Morgan fingerprint density at radius 1 is 0.960 bits per heavy atom. The summed E-state index contributed by atoms with van der Waals surface area (Å²) in [7, 11) is 1.96. The van der Waals surface area contributed by atoms with Crippen molar-refractivity contribution < 1.29 is 19.1 Å². The van der Waals surface area contributed by atoms with Gasteiger partial charge in [-0.1, -0.05) is 0 Å². The highest BCUT2D eigenvalue weighted by Gasteiger charge is 2.24. The van der Waals surface area contributed by atoms with Crippen LogP contribution < -0.4 is 15.1 Å². The topological polar surface area (TPSA) is 71.1 Å². The Bertz CT molecular complexity index is 595. The largest absolute Gasteiger partial charge is 0.447 e. The lowest BCUT2D eigenvalue weighted by Crippen LogP contribution is -2.41. The molecule has 2 saturated heterocycles. The van der Waals surface area contributed by atoms with Crippen LogP contribution in [0.15, 0.2) is 24.3 Å². The minimum absolute atomic E-state index is 0.0421. The van der Waals surface area contributed by atoms with E-state index in [0.717, 1.165) is 11.4 Å². The molecule has 0 unspecified atom stereocenters. The number of carbonyl (C=O) groups is 2. The second-order valence-electron chi connectivity index (χ2n) is 6.88. The van der Waals surface area contributed by atoms with Crippen LogP contribution in [-0.4, -0.2) is 57.5 Å². The van der Waals surface area contributed by atoms with Crippen LogP contribution in [0.1, 0.15) is 20.8 Å². The maximum atomic E-state index is 11.7. The van der Waals surface area contributed by atoms with Gasteiger partial charge in [-0.2, -0.15) is 0 Å². The molecule has 1 N–H and O–H groups in total. The fourth-order valence-corrected chi connectivity index (χ4v) is 2.23. The highest BCUT2D eigenvalue weighted by molar-refractivity contribution is 5.95. The molecule has 3 rings (SSSR count). The molecule has 25 heavy (non-hydrogen) atoms. The van der Waals surface area contributed by atoms with E-state index in [9.17, 15) is 9.59 Å². The van der Waals surface area contributed by atoms with Crippen molar-refractivity contribution in [3.8, 4) is 0 Å². The summed E-state index contributed by atoms with van der Waals surface area (Å²) in [5.74, 6) is -0.0421.